The Hall–Kier alpha value is -3.12. The Morgan fingerprint density at radius 3 is 2.69 bits per heavy atom. The number of aromatic nitrogens is 1. The zero-order valence-electron chi connectivity index (χ0n) is 14.5. The second-order valence-corrected chi connectivity index (χ2v) is 5.54. The summed E-state index contributed by atoms with van der Waals surface area (Å²) in [5.41, 5.74) is 2.17. The summed E-state index contributed by atoms with van der Waals surface area (Å²) in [6.07, 6.45) is 3.30. The van der Waals surface area contributed by atoms with Crippen molar-refractivity contribution in [3.05, 3.63) is 72.1 Å². The zero-order valence-corrected chi connectivity index (χ0v) is 14.5. The molecule has 2 aromatic heterocycles. The van der Waals surface area contributed by atoms with E-state index in [-0.39, 0.29) is 5.91 Å². The lowest BCUT2D eigenvalue weighted by Gasteiger charge is -2.09. The van der Waals surface area contributed by atoms with Crippen LogP contribution in [0.1, 0.15) is 15.9 Å². The molecule has 0 spiro atoms. The summed E-state index contributed by atoms with van der Waals surface area (Å²) in [5.74, 6) is 1.21. The number of amides is 1. The van der Waals surface area contributed by atoms with Gasteiger partial charge in [-0.2, -0.15) is 0 Å². The highest BCUT2D eigenvalue weighted by Crippen LogP contribution is 2.21. The Morgan fingerprint density at radius 1 is 1.12 bits per heavy atom. The van der Waals surface area contributed by atoms with Crippen molar-refractivity contribution in [2.45, 2.75) is 6.54 Å². The van der Waals surface area contributed by atoms with Crippen molar-refractivity contribution in [1.29, 1.82) is 0 Å². The average molecular weight is 352 g/mol. The predicted octanol–water partition coefficient (Wildman–Crippen LogP) is 3.30. The van der Waals surface area contributed by atoms with Crippen LogP contribution in [0.3, 0.4) is 0 Å². The molecule has 1 amide bonds. The summed E-state index contributed by atoms with van der Waals surface area (Å²) >= 11 is 0. The van der Waals surface area contributed by atoms with Gasteiger partial charge in [-0.1, -0.05) is 6.07 Å². The van der Waals surface area contributed by atoms with Gasteiger partial charge in [0.1, 0.15) is 18.1 Å². The Morgan fingerprint density at radius 2 is 1.96 bits per heavy atom. The quantitative estimate of drug-likeness (QED) is 0.630. The maximum atomic E-state index is 12.4. The minimum Gasteiger partial charge on any atom is -0.491 e. The van der Waals surface area contributed by atoms with E-state index < -0.39 is 0 Å². The topological polar surface area (TPSA) is 73.6 Å². The maximum Gasteiger partial charge on any atom is 0.251 e. The van der Waals surface area contributed by atoms with Gasteiger partial charge in [-0.3, -0.25) is 9.78 Å². The third-order valence-electron chi connectivity index (χ3n) is 3.76. The van der Waals surface area contributed by atoms with Crippen LogP contribution in [0.15, 0.2) is 65.4 Å². The van der Waals surface area contributed by atoms with Crippen LogP contribution in [-0.2, 0) is 11.3 Å². The standard InChI is InChI=1S/C20H20N2O4/c1-24-12-13-25-17-8-6-15(7-9-17)20(23)22-14-16-4-2-10-21-19(16)18-5-3-11-26-18/h2-11H,12-14H2,1H3,(H,22,23). The lowest BCUT2D eigenvalue weighted by molar-refractivity contribution is 0.0951. The Kier molecular flexibility index (Phi) is 6.01. The van der Waals surface area contributed by atoms with Crippen molar-refractivity contribution in [3.8, 4) is 17.2 Å². The molecular weight excluding hydrogens is 332 g/mol. The SMILES string of the molecule is COCCOc1ccc(C(=O)NCc2cccnc2-c2ccco2)cc1. The normalized spacial score (nSPS) is 10.5. The molecule has 2 heterocycles. The van der Waals surface area contributed by atoms with Crippen molar-refractivity contribution >= 4 is 5.91 Å². The Balaban J connectivity index is 1.61. The van der Waals surface area contributed by atoms with E-state index >= 15 is 0 Å². The van der Waals surface area contributed by atoms with Gasteiger partial charge >= 0.3 is 0 Å². The zero-order chi connectivity index (χ0) is 18.2. The number of nitrogens with zero attached hydrogens (tertiary/aromatic N) is 1. The van der Waals surface area contributed by atoms with Gasteiger partial charge in [-0.15, -0.1) is 0 Å². The number of carbonyl (C=O) groups excluding carboxylic acids is 1. The molecule has 0 unspecified atom stereocenters. The molecule has 0 bridgehead atoms. The second kappa shape index (κ2) is 8.82. The first kappa shape index (κ1) is 17.7. The van der Waals surface area contributed by atoms with E-state index in [1.165, 1.54) is 0 Å². The van der Waals surface area contributed by atoms with Gasteiger partial charge < -0.3 is 19.2 Å². The number of benzene rings is 1. The van der Waals surface area contributed by atoms with E-state index in [0.29, 0.717) is 36.8 Å². The highest BCUT2D eigenvalue weighted by atomic mass is 16.5. The maximum absolute atomic E-state index is 12.4. The number of hydrogen-bond acceptors (Lipinski definition) is 5. The van der Waals surface area contributed by atoms with Crippen molar-refractivity contribution in [2.75, 3.05) is 20.3 Å². The molecule has 26 heavy (non-hydrogen) atoms. The summed E-state index contributed by atoms with van der Waals surface area (Å²) in [7, 11) is 1.62. The van der Waals surface area contributed by atoms with Crippen LogP contribution in [0, 0.1) is 0 Å². The molecule has 0 aliphatic carbocycles. The molecule has 134 valence electrons. The monoisotopic (exact) mass is 352 g/mol. The predicted molar refractivity (Wildman–Crippen MR) is 96.9 cm³/mol. The van der Waals surface area contributed by atoms with Crippen LogP contribution >= 0.6 is 0 Å². The number of furan rings is 1. The molecule has 6 nitrogen and oxygen atoms in total. The third kappa shape index (κ3) is 4.49. The van der Waals surface area contributed by atoms with E-state index in [0.717, 1.165) is 11.3 Å². The molecule has 3 rings (SSSR count). The molecule has 6 heteroatoms. The first-order valence-electron chi connectivity index (χ1n) is 8.25. The summed E-state index contributed by atoms with van der Waals surface area (Å²) < 4.78 is 15.8. The van der Waals surface area contributed by atoms with Crippen molar-refractivity contribution in [3.63, 3.8) is 0 Å². The van der Waals surface area contributed by atoms with E-state index in [1.54, 1.807) is 43.8 Å². The molecule has 0 aliphatic heterocycles. The van der Waals surface area contributed by atoms with Crippen LogP contribution < -0.4 is 10.1 Å². The van der Waals surface area contributed by atoms with Crippen LogP contribution in [-0.4, -0.2) is 31.2 Å². The lowest BCUT2D eigenvalue weighted by atomic mass is 10.1. The number of pyridine rings is 1. The molecular formula is C20H20N2O4. The summed E-state index contributed by atoms with van der Waals surface area (Å²) in [5, 5.41) is 2.91. The minimum atomic E-state index is -0.164. The van der Waals surface area contributed by atoms with Crippen LogP contribution in [0.5, 0.6) is 5.75 Å². The van der Waals surface area contributed by atoms with Gasteiger partial charge in [-0.25, -0.2) is 0 Å². The second-order valence-electron chi connectivity index (χ2n) is 5.54. The average Bonchev–Trinajstić information content (AvgIpc) is 3.22. The molecule has 3 aromatic rings. The smallest absolute Gasteiger partial charge is 0.251 e. The van der Waals surface area contributed by atoms with Gasteiger partial charge in [0.25, 0.3) is 5.91 Å². The first-order chi connectivity index (χ1) is 12.8. The number of carbonyl (C=O) groups is 1. The molecule has 0 saturated carbocycles. The third-order valence-corrected chi connectivity index (χ3v) is 3.76. The van der Waals surface area contributed by atoms with E-state index in [9.17, 15) is 4.79 Å². The van der Waals surface area contributed by atoms with Gasteiger partial charge in [0.15, 0.2) is 5.76 Å². The highest BCUT2D eigenvalue weighted by molar-refractivity contribution is 5.94. The van der Waals surface area contributed by atoms with Crippen molar-refractivity contribution in [1.82, 2.24) is 10.3 Å². The van der Waals surface area contributed by atoms with E-state index in [1.807, 2.05) is 24.3 Å². The van der Waals surface area contributed by atoms with Crippen molar-refractivity contribution < 1.29 is 18.7 Å². The van der Waals surface area contributed by atoms with Crippen LogP contribution in [0.2, 0.25) is 0 Å². The van der Waals surface area contributed by atoms with Gasteiger partial charge in [0.05, 0.1) is 12.9 Å². The molecule has 0 aliphatic rings. The fourth-order valence-corrected chi connectivity index (χ4v) is 2.44. The number of ether oxygens (including phenoxy) is 2. The lowest BCUT2D eigenvalue weighted by Crippen LogP contribution is -2.23. The van der Waals surface area contributed by atoms with E-state index in [2.05, 4.69) is 10.3 Å². The molecule has 1 aromatic carbocycles. The van der Waals surface area contributed by atoms with E-state index in [4.69, 9.17) is 13.9 Å². The van der Waals surface area contributed by atoms with Crippen LogP contribution in [0.25, 0.3) is 11.5 Å². The molecule has 0 fully saturated rings. The minimum absolute atomic E-state index is 0.164. The number of rotatable bonds is 8. The summed E-state index contributed by atoms with van der Waals surface area (Å²) in [6.45, 7) is 1.35. The highest BCUT2D eigenvalue weighted by Gasteiger charge is 2.11. The first-order valence-corrected chi connectivity index (χ1v) is 8.25. The summed E-state index contributed by atoms with van der Waals surface area (Å²) in [4.78, 5) is 16.7. The van der Waals surface area contributed by atoms with Crippen LogP contribution in [0.4, 0.5) is 0 Å². The van der Waals surface area contributed by atoms with Gasteiger partial charge in [0.2, 0.25) is 0 Å². The molecule has 1 N–H and O–H groups in total. The number of nitrogens with one attached hydrogen (secondary N) is 1. The number of methoxy groups -OCH3 is 1. The molecule has 0 atom stereocenters. The molecule has 0 radical (unpaired) electrons. The van der Waals surface area contributed by atoms with Gasteiger partial charge in [-0.05, 0) is 42.5 Å². The fourth-order valence-electron chi connectivity index (χ4n) is 2.44. The summed E-state index contributed by atoms with van der Waals surface area (Å²) in [6, 6.07) is 14.4. The van der Waals surface area contributed by atoms with Gasteiger partial charge in [0, 0.05) is 31.0 Å². The Labute approximate surface area is 151 Å². The van der Waals surface area contributed by atoms with Crippen molar-refractivity contribution in [2.24, 2.45) is 0 Å². The molecule has 0 saturated heterocycles. The Bertz CT molecular complexity index is 829. The largest absolute Gasteiger partial charge is 0.491 e. The fraction of sp³-hybridized carbons (Fsp3) is 0.200. The number of hydrogen-bond donors (Lipinski definition) is 1.